The highest BCUT2D eigenvalue weighted by atomic mass is 16.8. The summed E-state index contributed by atoms with van der Waals surface area (Å²) in [4.78, 5) is 49.1. The van der Waals surface area contributed by atoms with E-state index < -0.39 is 36.2 Å². The Morgan fingerprint density at radius 2 is 1.28 bits per heavy atom. The fraction of sp³-hybridized carbons (Fsp3) is 0.630. The van der Waals surface area contributed by atoms with Crippen molar-refractivity contribution in [2.75, 3.05) is 19.8 Å². The van der Waals surface area contributed by atoms with Crippen molar-refractivity contribution in [2.45, 2.75) is 91.3 Å². The second-order valence-electron chi connectivity index (χ2n) is 9.05. The van der Waals surface area contributed by atoms with Gasteiger partial charge in [0.25, 0.3) is 5.72 Å². The molecule has 2 N–H and O–H groups in total. The van der Waals surface area contributed by atoms with Gasteiger partial charge in [0.1, 0.15) is 0 Å². The number of nitrogens with one attached hydrogen (secondary N) is 1. The number of aliphatic carboxylic acids is 1. The highest BCUT2D eigenvalue weighted by Crippen LogP contribution is 2.31. The molecule has 1 aromatic rings. The second kappa shape index (κ2) is 17.9. The van der Waals surface area contributed by atoms with Gasteiger partial charge < -0.3 is 33.5 Å². The Bertz CT molecular complexity index is 934. The fourth-order valence-corrected chi connectivity index (χ4v) is 3.19. The van der Waals surface area contributed by atoms with E-state index in [-0.39, 0.29) is 43.3 Å². The Labute approximate surface area is 229 Å². The van der Waals surface area contributed by atoms with Gasteiger partial charge in [-0.15, -0.1) is 0 Å². The molecule has 39 heavy (non-hydrogen) atoms. The number of hydrogen-bond acceptors (Lipinski definition) is 11. The van der Waals surface area contributed by atoms with Gasteiger partial charge in [-0.2, -0.15) is 0 Å². The highest BCUT2D eigenvalue weighted by Gasteiger charge is 2.44. The third-order valence-electron chi connectivity index (χ3n) is 5.13. The quantitative estimate of drug-likeness (QED) is 0.0808. The standard InChI is InChI=1S/C27H41NO11/c1-6-9-14-34-24(31)37-21-13-12-20(17-22(21)38-25(32)35-15-10-7-2)18-27(23(29)30,28-19(4)5)39-26(33)36-16-11-8-3/h12-13,17,19,28H,6-11,14-16,18H2,1-5H3,(H,29,30)/t27-/m0/s1. The summed E-state index contributed by atoms with van der Waals surface area (Å²) in [6.45, 7) is 9.49. The Balaban J connectivity index is 3.29. The van der Waals surface area contributed by atoms with Gasteiger partial charge in [0.2, 0.25) is 0 Å². The second-order valence-corrected chi connectivity index (χ2v) is 9.05. The third kappa shape index (κ3) is 12.7. The Hall–Kier alpha value is -3.54. The number of carboxylic acids is 1. The first-order chi connectivity index (χ1) is 18.6. The van der Waals surface area contributed by atoms with Crippen LogP contribution in [0.4, 0.5) is 14.4 Å². The molecule has 0 saturated heterocycles. The lowest BCUT2D eigenvalue weighted by Gasteiger charge is -2.31. The SMILES string of the molecule is CCCCOC(=O)Oc1ccc(C[C@](NC(C)C)(OC(=O)OCCCC)C(=O)O)cc1OC(=O)OCCCC. The van der Waals surface area contributed by atoms with Crippen LogP contribution in [0, 0.1) is 0 Å². The molecule has 0 saturated carbocycles. The van der Waals surface area contributed by atoms with Gasteiger partial charge in [0, 0.05) is 12.5 Å². The molecule has 220 valence electrons. The minimum Gasteiger partial charge on any atom is -0.477 e. The molecule has 0 aliphatic carbocycles. The molecule has 12 heteroatoms. The van der Waals surface area contributed by atoms with E-state index in [1.54, 1.807) is 13.8 Å². The first-order valence-corrected chi connectivity index (χ1v) is 13.3. The topological polar surface area (TPSA) is 156 Å². The van der Waals surface area contributed by atoms with Crippen molar-refractivity contribution in [1.82, 2.24) is 5.32 Å². The lowest BCUT2D eigenvalue weighted by atomic mass is 10.0. The average molecular weight is 556 g/mol. The van der Waals surface area contributed by atoms with Gasteiger partial charge in [-0.1, -0.05) is 46.1 Å². The van der Waals surface area contributed by atoms with Gasteiger partial charge in [0.15, 0.2) is 11.5 Å². The zero-order valence-corrected chi connectivity index (χ0v) is 23.4. The number of rotatable bonds is 17. The number of carboxylic acid groups (broad SMARTS) is 1. The summed E-state index contributed by atoms with van der Waals surface area (Å²) in [5.41, 5.74) is -1.94. The van der Waals surface area contributed by atoms with Crippen LogP contribution in [0.1, 0.15) is 78.7 Å². The molecule has 0 spiro atoms. The largest absolute Gasteiger partial charge is 0.513 e. The molecule has 1 atom stereocenters. The van der Waals surface area contributed by atoms with Gasteiger partial charge in [-0.3, -0.25) is 5.32 Å². The van der Waals surface area contributed by atoms with Crippen molar-refractivity contribution in [3.63, 3.8) is 0 Å². The fourth-order valence-electron chi connectivity index (χ4n) is 3.19. The number of benzene rings is 1. The van der Waals surface area contributed by atoms with E-state index in [1.807, 2.05) is 20.8 Å². The number of ether oxygens (including phenoxy) is 6. The van der Waals surface area contributed by atoms with E-state index in [1.165, 1.54) is 18.2 Å². The first-order valence-electron chi connectivity index (χ1n) is 13.3. The van der Waals surface area contributed by atoms with E-state index in [2.05, 4.69) is 5.32 Å². The van der Waals surface area contributed by atoms with Crippen molar-refractivity contribution >= 4 is 24.4 Å². The highest BCUT2D eigenvalue weighted by molar-refractivity contribution is 5.80. The molecular weight excluding hydrogens is 514 g/mol. The van der Waals surface area contributed by atoms with E-state index >= 15 is 0 Å². The lowest BCUT2D eigenvalue weighted by Crippen LogP contribution is -2.59. The van der Waals surface area contributed by atoms with Crippen LogP contribution in [0.15, 0.2) is 18.2 Å². The molecule has 0 aromatic heterocycles. The lowest BCUT2D eigenvalue weighted by molar-refractivity contribution is -0.166. The van der Waals surface area contributed by atoms with Crippen LogP contribution in [0.25, 0.3) is 0 Å². The Morgan fingerprint density at radius 1 is 0.795 bits per heavy atom. The summed E-state index contributed by atoms with van der Waals surface area (Å²) in [7, 11) is 0. The monoisotopic (exact) mass is 555 g/mol. The van der Waals surface area contributed by atoms with Crippen molar-refractivity contribution < 1.29 is 52.7 Å². The normalized spacial score (nSPS) is 12.3. The van der Waals surface area contributed by atoms with Gasteiger partial charge in [-0.25, -0.2) is 19.2 Å². The number of hydrogen-bond donors (Lipinski definition) is 2. The molecule has 1 aromatic carbocycles. The molecule has 0 heterocycles. The van der Waals surface area contributed by atoms with E-state index in [0.717, 1.165) is 19.3 Å². The van der Waals surface area contributed by atoms with Gasteiger partial charge in [-0.05, 0) is 50.8 Å². The van der Waals surface area contributed by atoms with Crippen LogP contribution in [-0.4, -0.2) is 61.1 Å². The molecule has 0 radical (unpaired) electrons. The summed E-state index contributed by atoms with van der Waals surface area (Å²) in [6, 6.07) is 3.64. The summed E-state index contributed by atoms with van der Waals surface area (Å²) >= 11 is 0. The van der Waals surface area contributed by atoms with E-state index in [4.69, 9.17) is 28.4 Å². The van der Waals surface area contributed by atoms with E-state index in [9.17, 15) is 24.3 Å². The molecular formula is C27H41NO11. The summed E-state index contributed by atoms with van der Waals surface area (Å²) in [6.07, 6.45) is 0.654. The van der Waals surface area contributed by atoms with Crippen LogP contribution in [-0.2, 0) is 30.2 Å². The molecule has 0 aliphatic rings. The summed E-state index contributed by atoms with van der Waals surface area (Å²) in [5.74, 6) is -1.83. The molecule has 0 unspecified atom stereocenters. The average Bonchev–Trinajstić information content (AvgIpc) is 2.85. The third-order valence-corrected chi connectivity index (χ3v) is 5.13. The number of carbonyl (C=O) groups is 4. The molecule has 0 aliphatic heterocycles. The maximum absolute atomic E-state index is 12.4. The maximum Gasteiger partial charge on any atom is 0.513 e. The maximum atomic E-state index is 12.4. The minimum atomic E-state index is -2.21. The molecule has 0 fully saturated rings. The molecule has 1 rings (SSSR count). The first kappa shape index (κ1) is 33.5. The van der Waals surface area contributed by atoms with Gasteiger partial charge in [0.05, 0.1) is 19.8 Å². The van der Waals surface area contributed by atoms with Crippen molar-refractivity contribution in [3.8, 4) is 11.5 Å². The smallest absolute Gasteiger partial charge is 0.477 e. The van der Waals surface area contributed by atoms with Crippen LogP contribution in [0.3, 0.4) is 0 Å². The number of unbranched alkanes of at least 4 members (excludes halogenated alkanes) is 3. The molecule has 0 bridgehead atoms. The summed E-state index contributed by atoms with van der Waals surface area (Å²) < 4.78 is 30.8. The molecule has 0 amide bonds. The Kier molecular flexibility index (Phi) is 15.3. The van der Waals surface area contributed by atoms with Crippen LogP contribution in [0.5, 0.6) is 11.5 Å². The van der Waals surface area contributed by atoms with Crippen molar-refractivity contribution in [2.24, 2.45) is 0 Å². The van der Waals surface area contributed by atoms with Crippen LogP contribution >= 0.6 is 0 Å². The minimum absolute atomic E-state index is 0.0746. The Morgan fingerprint density at radius 3 is 1.74 bits per heavy atom. The zero-order valence-electron chi connectivity index (χ0n) is 23.4. The molecule has 12 nitrogen and oxygen atoms in total. The van der Waals surface area contributed by atoms with Crippen molar-refractivity contribution in [3.05, 3.63) is 23.8 Å². The number of carbonyl (C=O) groups excluding carboxylic acids is 3. The van der Waals surface area contributed by atoms with E-state index in [0.29, 0.717) is 19.3 Å². The summed E-state index contributed by atoms with van der Waals surface area (Å²) in [5, 5.41) is 12.9. The predicted octanol–water partition coefficient (Wildman–Crippen LogP) is 5.59. The van der Waals surface area contributed by atoms with Crippen molar-refractivity contribution in [1.29, 1.82) is 0 Å². The van der Waals surface area contributed by atoms with Crippen LogP contribution in [0.2, 0.25) is 0 Å². The predicted molar refractivity (Wildman–Crippen MR) is 140 cm³/mol. The zero-order chi connectivity index (χ0) is 29.3. The van der Waals surface area contributed by atoms with Gasteiger partial charge >= 0.3 is 24.4 Å². The van der Waals surface area contributed by atoms with Crippen LogP contribution < -0.4 is 14.8 Å².